The molecule has 0 aliphatic heterocycles. The summed E-state index contributed by atoms with van der Waals surface area (Å²) in [5, 5.41) is 13.1. The molecule has 3 nitrogen and oxygen atoms in total. The number of aryl methyl sites for hydroxylation is 1. The Bertz CT molecular complexity index is 493. The van der Waals surface area contributed by atoms with Gasteiger partial charge in [0.1, 0.15) is 5.69 Å². The molecule has 0 atom stereocenters. The molecular formula is C10H10F2N2O. The highest BCUT2D eigenvalue weighted by Crippen LogP contribution is 2.27. The van der Waals surface area contributed by atoms with E-state index >= 15 is 0 Å². The molecule has 0 saturated carbocycles. The SMILES string of the molecule is Cn1nc(C(F)F)c2ccc(CO)cc21. The van der Waals surface area contributed by atoms with Crippen LogP contribution in [-0.4, -0.2) is 14.9 Å². The van der Waals surface area contributed by atoms with Gasteiger partial charge in [-0.1, -0.05) is 12.1 Å². The van der Waals surface area contributed by atoms with E-state index in [-0.39, 0.29) is 12.3 Å². The first-order chi connectivity index (χ1) is 7.13. The van der Waals surface area contributed by atoms with Crippen LogP contribution in [0.5, 0.6) is 0 Å². The molecule has 1 N–H and O–H groups in total. The van der Waals surface area contributed by atoms with E-state index in [4.69, 9.17) is 5.11 Å². The third-order valence-electron chi connectivity index (χ3n) is 2.33. The molecule has 1 aromatic carbocycles. The average Bonchev–Trinajstić information content (AvgIpc) is 2.56. The van der Waals surface area contributed by atoms with Crippen LogP contribution in [0, 0.1) is 0 Å². The van der Waals surface area contributed by atoms with Gasteiger partial charge >= 0.3 is 0 Å². The second-order valence-electron chi connectivity index (χ2n) is 3.32. The van der Waals surface area contributed by atoms with Gasteiger partial charge in [0.15, 0.2) is 0 Å². The summed E-state index contributed by atoms with van der Waals surface area (Å²) in [6.07, 6.45) is -2.58. The maximum Gasteiger partial charge on any atom is 0.282 e. The molecule has 0 unspecified atom stereocenters. The Morgan fingerprint density at radius 2 is 2.20 bits per heavy atom. The zero-order valence-electron chi connectivity index (χ0n) is 8.11. The van der Waals surface area contributed by atoms with Gasteiger partial charge in [-0.05, 0) is 11.6 Å². The van der Waals surface area contributed by atoms with E-state index in [9.17, 15) is 8.78 Å². The van der Waals surface area contributed by atoms with Crippen molar-refractivity contribution in [2.75, 3.05) is 0 Å². The molecule has 2 aromatic rings. The summed E-state index contributed by atoms with van der Waals surface area (Å²) < 4.78 is 26.5. The molecular weight excluding hydrogens is 202 g/mol. The molecule has 0 amide bonds. The zero-order valence-corrected chi connectivity index (χ0v) is 8.11. The normalized spacial score (nSPS) is 11.5. The van der Waals surface area contributed by atoms with E-state index in [1.165, 1.54) is 4.68 Å². The van der Waals surface area contributed by atoms with Crippen molar-refractivity contribution >= 4 is 10.9 Å². The Kier molecular flexibility index (Phi) is 2.40. The van der Waals surface area contributed by atoms with Crippen molar-refractivity contribution in [2.24, 2.45) is 7.05 Å². The number of hydrogen-bond acceptors (Lipinski definition) is 2. The largest absolute Gasteiger partial charge is 0.392 e. The minimum absolute atomic E-state index is 0.106. The van der Waals surface area contributed by atoms with Crippen LogP contribution < -0.4 is 0 Å². The topological polar surface area (TPSA) is 38.0 Å². The third kappa shape index (κ3) is 1.59. The van der Waals surface area contributed by atoms with Crippen LogP contribution in [0.15, 0.2) is 18.2 Å². The lowest BCUT2D eigenvalue weighted by atomic mass is 10.1. The Balaban J connectivity index is 2.69. The molecule has 2 rings (SSSR count). The van der Waals surface area contributed by atoms with Crippen molar-refractivity contribution in [2.45, 2.75) is 13.0 Å². The lowest BCUT2D eigenvalue weighted by molar-refractivity contribution is 0.147. The number of benzene rings is 1. The van der Waals surface area contributed by atoms with Crippen molar-refractivity contribution in [3.05, 3.63) is 29.5 Å². The molecule has 0 fully saturated rings. The highest BCUT2D eigenvalue weighted by Gasteiger charge is 2.17. The molecule has 0 radical (unpaired) electrons. The Hall–Kier alpha value is -1.49. The molecule has 0 aliphatic carbocycles. The lowest BCUT2D eigenvalue weighted by Crippen LogP contribution is -1.92. The first-order valence-electron chi connectivity index (χ1n) is 4.48. The summed E-state index contributed by atoms with van der Waals surface area (Å²) in [5.41, 5.74) is 1.08. The van der Waals surface area contributed by atoms with Gasteiger partial charge in [0, 0.05) is 12.4 Å². The molecule has 15 heavy (non-hydrogen) atoms. The summed E-state index contributed by atoms with van der Waals surface area (Å²) in [6.45, 7) is -0.106. The summed E-state index contributed by atoms with van der Waals surface area (Å²) in [6, 6.07) is 4.85. The molecule has 0 spiro atoms. The van der Waals surface area contributed by atoms with E-state index in [2.05, 4.69) is 5.10 Å². The van der Waals surface area contributed by atoms with Gasteiger partial charge in [0.2, 0.25) is 0 Å². The smallest absolute Gasteiger partial charge is 0.282 e. The summed E-state index contributed by atoms with van der Waals surface area (Å²) in [5.74, 6) is 0. The third-order valence-corrected chi connectivity index (χ3v) is 2.33. The number of hydrogen-bond donors (Lipinski definition) is 1. The monoisotopic (exact) mass is 212 g/mol. The van der Waals surface area contributed by atoms with E-state index in [0.29, 0.717) is 16.5 Å². The fraction of sp³-hybridized carbons (Fsp3) is 0.300. The number of aromatic nitrogens is 2. The number of halogens is 2. The number of aliphatic hydroxyl groups is 1. The number of fused-ring (bicyclic) bond motifs is 1. The molecule has 0 aliphatic rings. The highest BCUT2D eigenvalue weighted by atomic mass is 19.3. The van der Waals surface area contributed by atoms with Crippen molar-refractivity contribution < 1.29 is 13.9 Å². The maximum absolute atomic E-state index is 12.6. The van der Waals surface area contributed by atoms with Crippen LogP contribution in [0.1, 0.15) is 17.7 Å². The molecule has 1 aromatic heterocycles. The van der Waals surface area contributed by atoms with E-state index in [1.807, 2.05) is 0 Å². The van der Waals surface area contributed by atoms with Crippen LogP contribution in [0.25, 0.3) is 10.9 Å². The Morgan fingerprint density at radius 1 is 1.47 bits per heavy atom. The lowest BCUT2D eigenvalue weighted by Gasteiger charge is -1.98. The van der Waals surface area contributed by atoms with Crippen LogP contribution in [0.4, 0.5) is 8.78 Å². The number of alkyl halides is 2. The van der Waals surface area contributed by atoms with E-state index in [0.717, 1.165) is 0 Å². The molecule has 80 valence electrons. The Morgan fingerprint density at radius 3 is 2.80 bits per heavy atom. The van der Waals surface area contributed by atoms with Gasteiger partial charge in [0.05, 0.1) is 12.1 Å². The van der Waals surface area contributed by atoms with Gasteiger partial charge < -0.3 is 5.11 Å². The fourth-order valence-electron chi connectivity index (χ4n) is 1.59. The van der Waals surface area contributed by atoms with Gasteiger partial charge in [-0.2, -0.15) is 5.10 Å². The number of nitrogens with zero attached hydrogens (tertiary/aromatic N) is 2. The van der Waals surface area contributed by atoms with Crippen molar-refractivity contribution in [1.82, 2.24) is 9.78 Å². The first-order valence-corrected chi connectivity index (χ1v) is 4.48. The predicted molar refractivity (Wildman–Crippen MR) is 51.6 cm³/mol. The molecule has 0 saturated heterocycles. The van der Waals surface area contributed by atoms with Gasteiger partial charge in [-0.25, -0.2) is 8.78 Å². The maximum atomic E-state index is 12.6. The van der Waals surface area contributed by atoms with E-state index in [1.54, 1.807) is 25.2 Å². The standard InChI is InChI=1S/C10H10F2N2O/c1-14-8-4-6(5-15)2-3-7(8)9(13-14)10(11)12/h2-4,10,15H,5H2,1H3. The number of aliphatic hydroxyl groups excluding tert-OH is 1. The van der Waals surface area contributed by atoms with Crippen LogP contribution >= 0.6 is 0 Å². The summed E-state index contributed by atoms with van der Waals surface area (Å²) in [4.78, 5) is 0. The number of rotatable bonds is 2. The minimum Gasteiger partial charge on any atom is -0.392 e. The van der Waals surface area contributed by atoms with Crippen LogP contribution in [0.2, 0.25) is 0 Å². The van der Waals surface area contributed by atoms with Gasteiger partial charge in [0.25, 0.3) is 6.43 Å². The summed E-state index contributed by atoms with van der Waals surface area (Å²) >= 11 is 0. The first kappa shape index (κ1) is 10.0. The van der Waals surface area contributed by atoms with Gasteiger partial charge in [-0.3, -0.25) is 4.68 Å². The van der Waals surface area contributed by atoms with Crippen molar-refractivity contribution in [3.8, 4) is 0 Å². The Labute approximate surface area is 84.9 Å². The fourth-order valence-corrected chi connectivity index (χ4v) is 1.59. The molecule has 0 bridgehead atoms. The zero-order chi connectivity index (χ0) is 11.0. The van der Waals surface area contributed by atoms with Crippen LogP contribution in [0.3, 0.4) is 0 Å². The second-order valence-corrected chi connectivity index (χ2v) is 3.32. The van der Waals surface area contributed by atoms with Gasteiger partial charge in [-0.15, -0.1) is 0 Å². The average molecular weight is 212 g/mol. The predicted octanol–water partition coefficient (Wildman–Crippen LogP) is 2.00. The van der Waals surface area contributed by atoms with Crippen molar-refractivity contribution in [1.29, 1.82) is 0 Å². The van der Waals surface area contributed by atoms with Crippen LogP contribution in [-0.2, 0) is 13.7 Å². The highest BCUT2D eigenvalue weighted by molar-refractivity contribution is 5.82. The quantitative estimate of drug-likeness (QED) is 0.826. The van der Waals surface area contributed by atoms with Crippen molar-refractivity contribution in [3.63, 3.8) is 0 Å². The summed E-state index contributed by atoms with van der Waals surface area (Å²) in [7, 11) is 1.61. The molecule has 1 heterocycles. The molecule has 5 heteroatoms. The minimum atomic E-state index is -2.58. The second kappa shape index (κ2) is 3.58. The van der Waals surface area contributed by atoms with E-state index < -0.39 is 6.43 Å².